The van der Waals surface area contributed by atoms with E-state index in [0.717, 1.165) is 36.8 Å². The van der Waals surface area contributed by atoms with Crippen molar-refractivity contribution in [2.75, 3.05) is 18.5 Å². The van der Waals surface area contributed by atoms with Crippen LogP contribution >= 0.6 is 11.6 Å². The Morgan fingerprint density at radius 3 is 2.24 bits per heavy atom. The smallest absolute Gasteiger partial charge is 0.411 e. The summed E-state index contributed by atoms with van der Waals surface area (Å²) < 4.78 is 11.4. The van der Waals surface area contributed by atoms with E-state index in [-0.39, 0.29) is 18.1 Å². The first kappa shape index (κ1) is 23.8. The van der Waals surface area contributed by atoms with Crippen molar-refractivity contribution >= 4 is 28.6 Å². The third-order valence-corrected chi connectivity index (χ3v) is 6.24. The zero-order valence-electron chi connectivity index (χ0n) is 19.2. The molecule has 0 atom stereocenters. The average Bonchev–Trinajstić information content (AvgIpc) is 3.16. The highest BCUT2D eigenvalue weighted by molar-refractivity contribution is 6.68. The molecular weight excluding hydrogens is 450 g/mol. The summed E-state index contributed by atoms with van der Waals surface area (Å²) in [5, 5.41) is 2.13. The molecule has 0 bridgehead atoms. The first-order valence-electron chi connectivity index (χ1n) is 11.7. The zero-order chi connectivity index (χ0) is 23.9. The molecule has 0 fully saturated rings. The second-order valence-corrected chi connectivity index (χ2v) is 8.69. The highest BCUT2D eigenvalue weighted by Crippen LogP contribution is 2.44. The summed E-state index contributed by atoms with van der Waals surface area (Å²) in [6, 6.07) is 21.2. The summed E-state index contributed by atoms with van der Waals surface area (Å²) in [6.07, 6.45) is 3.63. The number of benzene rings is 3. The number of rotatable bonds is 10. The summed E-state index contributed by atoms with van der Waals surface area (Å²) in [4.78, 5) is 24.3. The number of anilines is 1. The third kappa shape index (κ3) is 5.42. The molecule has 1 aliphatic carbocycles. The van der Waals surface area contributed by atoms with E-state index in [4.69, 9.17) is 21.1 Å². The summed E-state index contributed by atoms with van der Waals surface area (Å²) in [5.41, 5.74) is 5.40. The monoisotopic (exact) mass is 477 g/mol. The van der Waals surface area contributed by atoms with Gasteiger partial charge in [-0.2, -0.15) is 0 Å². The molecule has 0 aliphatic heterocycles. The summed E-state index contributed by atoms with van der Waals surface area (Å²) >= 11 is 5.70. The summed E-state index contributed by atoms with van der Waals surface area (Å²) in [7, 11) is 0. The van der Waals surface area contributed by atoms with Crippen LogP contribution in [0.15, 0.2) is 66.7 Å². The highest BCUT2D eigenvalue weighted by atomic mass is 35.5. The second-order valence-electron chi connectivity index (χ2n) is 8.34. The fourth-order valence-electron chi connectivity index (χ4n) is 4.35. The number of halogens is 1. The molecule has 176 valence electrons. The molecule has 0 heterocycles. The molecule has 1 N–H and O–H groups in total. The van der Waals surface area contributed by atoms with E-state index in [0.29, 0.717) is 18.0 Å². The molecular formula is C28H28ClNO4. The predicted octanol–water partition coefficient (Wildman–Crippen LogP) is 7.39. The lowest BCUT2D eigenvalue weighted by atomic mass is 9.98. The van der Waals surface area contributed by atoms with Crippen molar-refractivity contribution in [2.24, 2.45) is 0 Å². The van der Waals surface area contributed by atoms with Crippen LogP contribution in [0.3, 0.4) is 0 Å². The van der Waals surface area contributed by atoms with Crippen LogP contribution in [-0.2, 0) is 4.74 Å². The van der Waals surface area contributed by atoms with Crippen LogP contribution in [0.4, 0.5) is 10.5 Å². The van der Waals surface area contributed by atoms with Crippen molar-refractivity contribution in [1.29, 1.82) is 0 Å². The minimum Gasteiger partial charge on any atom is -0.493 e. The van der Waals surface area contributed by atoms with E-state index >= 15 is 0 Å². The van der Waals surface area contributed by atoms with Gasteiger partial charge in [0.1, 0.15) is 12.4 Å². The van der Waals surface area contributed by atoms with Crippen LogP contribution in [-0.4, -0.2) is 24.5 Å². The Morgan fingerprint density at radius 1 is 0.912 bits per heavy atom. The molecule has 5 nitrogen and oxygen atoms in total. The van der Waals surface area contributed by atoms with Gasteiger partial charge < -0.3 is 9.47 Å². The first-order chi connectivity index (χ1) is 16.6. The molecule has 0 saturated carbocycles. The molecule has 1 amide bonds. The van der Waals surface area contributed by atoms with Gasteiger partial charge in [-0.05, 0) is 52.4 Å². The molecule has 6 heteroatoms. The van der Waals surface area contributed by atoms with Crippen LogP contribution in [0.1, 0.15) is 60.0 Å². The molecule has 0 saturated heterocycles. The Bertz CT molecular complexity index is 1130. The largest absolute Gasteiger partial charge is 0.493 e. The maximum Gasteiger partial charge on any atom is 0.411 e. The SMILES string of the molecule is CCCCCCOc1cc(NC(=O)OCC2c3ccccc3-c3ccccc32)ccc1C(=O)Cl. The second kappa shape index (κ2) is 11.2. The number of unbranched alkanes of at least 4 members (excludes halogenated alkanes) is 3. The molecule has 3 aromatic rings. The van der Waals surface area contributed by atoms with Gasteiger partial charge in [0.25, 0.3) is 5.24 Å². The Labute approximate surface area is 205 Å². The fraction of sp³-hybridized carbons (Fsp3) is 0.286. The molecule has 1 aliphatic rings. The Kier molecular flexibility index (Phi) is 7.86. The maximum absolute atomic E-state index is 12.6. The normalized spacial score (nSPS) is 12.1. The standard InChI is InChI=1S/C28H28ClNO4/c1-2-3-4-9-16-33-26-17-19(14-15-24(26)27(29)31)30-28(32)34-18-25-22-12-7-5-10-20(22)21-11-6-8-13-23(21)25/h5-8,10-15,17,25H,2-4,9,16,18H2,1H3,(H,30,32). The van der Waals surface area contributed by atoms with E-state index in [9.17, 15) is 9.59 Å². The number of fused-ring (bicyclic) bond motifs is 3. The molecule has 0 radical (unpaired) electrons. The minimum atomic E-state index is -0.601. The Hall–Kier alpha value is -3.31. The van der Waals surface area contributed by atoms with Gasteiger partial charge in [0, 0.05) is 17.7 Å². The van der Waals surface area contributed by atoms with Gasteiger partial charge in [0.2, 0.25) is 0 Å². The quantitative estimate of drug-likeness (QED) is 0.244. The van der Waals surface area contributed by atoms with Crippen LogP contribution in [0.25, 0.3) is 11.1 Å². The van der Waals surface area contributed by atoms with Crippen molar-refractivity contribution in [2.45, 2.75) is 38.5 Å². The van der Waals surface area contributed by atoms with Crippen LogP contribution < -0.4 is 10.1 Å². The molecule has 0 unspecified atom stereocenters. The van der Waals surface area contributed by atoms with Gasteiger partial charge >= 0.3 is 6.09 Å². The number of hydrogen-bond donors (Lipinski definition) is 1. The number of nitrogens with one attached hydrogen (secondary N) is 1. The maximum atomic E-state index is 12.6. The van der Waals surface area contributed by atoms with Crippen molar-refractivity contribution in [3.8, 4) is 16.9 Å². The number of carbonyl (C=O) groups is 2. The van der Waals surface area contributed by atoms with E-state index in [2.05, 4.69) is 36.5 Å². The molecule has 34 heavy (non-hydrogen) atoms. The van der Waals surface area contributed by atoms with Crippen molar-refractivity contribution in [3.63, 3.8) is 0 Å². The fourth-order valence-corrected chi connectivity index (χ4v) is 4.50. The van der Waals surface area contributed by atoms with Gasteiger partial charge in [-0.15, -0.1) is 0 Å². The molecule has 4 rings (SSSR count). The number of carbonyl (C=O) groups excluding carboxylic acids is 2. The number of amides is 1. The van der Waals surface area contributed by atoms with Crippen LogP contribution in [0.5, 0.6) is 5.75 Å². The van der Waals surface area contributed by atoms with Crippen molar-refractivity contribution < 1.29 is 19.1 Å². The van der Waals surface area contributed by atoms with Gasteiger partial charge in [0.05, 0.1) is 12.2 Å². The average molecular weight is 478 g/mol. The van der Waals surface area contributed by atoms with Crippen molar-refractivity contribution in [3.05, 3.63) is 83.4 Å². The van der Waals surface area contributed by atoms with E-state index in [1.807, 2.05) is 24.3 Å². The lowest BCUT2D eigenvalue weighted by molar-refractivity contribution is 0.107. The number of ether oxygens (including phenoxy) is 2. The van der Waals surface area contributed by atoms with E-state index in [1.54, 1.807) is 18.2 Å². The van der Waals surface area contributed by atoms with E-state index < -0.39 is 11.3 Å². The molecule has 0 spiro atoms. The lowest BCUT2D eigenvalue weighted by Crippen LogP contribution is -2.18. The first-order valence-corrected chi connectivity index (χ1v) is 12.0. The topological polar surface area (TPSA) is 64.6 Å². The lowest BCUT2D eigenvalue weighted by Gasteiger charge is -2.15. The summed E-state index contributed by atoms with van der Waals surface area (Å²) in [6.45, 7) is 2.84. The van der Waals surface area contributed by atoms with Gasteiger partial charge in [0.15, 0.2) is 0 Å². The third-order valence-electron chi connectivity index (χ3n) is 6.04. The Morgan fingerprint density at radius 2 is 1.59 bits per heavy atom. The highest BCUT2D eigenvalue weighted by Gasteiger charge is 2.29. The summed E-state index contributed by atoms with van der Waals surface area (Å²) in [5.74, 6) is 0.337. The van der Waals surface area contributed by atoms with Gasteiger partial charge in [-0.25, -0.2) is 4.79 Å². The predicted molar refractivity (Wildman–Crippen MR) is 135 cm³/mol. The Balaban J connectivity index is 1.40. The van der Waals surface area contributed by atoms with Gasteiger partial charge in [-0.1, -0.05) is 74.7 Å². The zero-order valence-corrected chi connectivity index (χ0v) is 19.9. The molecule has 0 aromatic heterocycles. The van der Waals surface area contributed by atoms with E-state index in [1.165, 1.54) is 11.1 Å². The molecule has 3 aromatic carbocycles. The van der Waals surface area contributed by atoms with Crippen molar-refractivity contribution in [1.82, 2.24) is 0 Å². The van der Waals surface area contributed by atoms with Crippen LogP contribution in [0.2, 0.25) is 0 Å². The number of hydrogen-bond acceptors (Lipinski definition) is 4. The van der Waals surface area contributed by atoms with Gasteiger partial charge in [-0.3, -0.25) is 10.1 Å². The van der Waals surface area contributed by atoms with Crippen LogP contribution in [0, 0.1) is 0 Å². The minimum absolute atomic E-state index is 0.0172.